The predicted molar refractivity (Wildman–Crippen MR) is 72.2 cm³/mol. The van der Waals surface area contributed by atoms with Crippen LogP contribution in [0.4, 0.5) is 4.39 Å². The molecule has 0 unspecified atom stereocenters. The van der Waals surface area contributed by atoms with Gasteiger partial charge < -0.3 is 9.26 Å². The highest BCUT2D eigenvalue weighted by atomic mass is 32.2. The van der Waals surface area contributed by atoms with Crippen molar-refractivity contribution in [2.75, 3.05) is 19.5 Å². The van der Waals surface area contributed by atoms with Crippen molar-refractivity contribution in [3.8, 4) is 11.4 Å². The molecule has 0 aliphatic carbocycles. The maximum absolute atomic E-state index is 12.8. The predicted octanol–water partition coefficient (Wildman–Crippen LogP) is 0.941. The molecule has 0 spiro atoms. The Morgan fingerprint density at radius 3 is 2.71 bits per heavy atom. The Bertz CT molecular complexity index is 685. The number of hydrogen-bond donors (Lipinski definition) is 1. The summed E-state index contributed by atoms with van der Waals surface area (Å²) in [4.78, 5) is 4.04. The number of halogens is 1. The van der Waals surface area contributed by atoms with Crippen molar-refractivity contribution < 1.29 is 22.1 Å². The van der Waals surface area contributed by atoms with Gasteiger partial charge in [-0.3, -0.25) is 0 Å². The summed E-state index contributed by atoms with van der Waals surface area (Å²) < 4.78 is 47.9. The largest absolute Gasteiger partial charge is 0.384 e. The Kier molecular flexibility index (Phi) is 4.99. The summed E-state index contributed by atoms with van der Waals surface area (Å²) in [6.07, 6.45) is 0. The molecule has 0 aliphatic heterocycles. The van der Waals surface area contributed by atoms with E-state index in [1.807, 2.05) is 0 Å². The lowest BCUT2D eigenvalue weighted by Crippen LogP contribution is -2.27. The van der Waals surface area contributed by atoms with Gasteiger partial charge in [-0.05, 0) is 24.3 Å². The van der Waals surface area contributed by atoms with Gasteiger partial charge in [0.2, 0.25) is 21.7 Å². The van der Waals surface area contributed by atoms with Crippen LogP contribution in [0.2, 0.25) is 0 Å². The van der Waals surface area contributed by atoms with E-state index in [2.05, 4.69) is 14.9 Å². The van der Waals surface area contributed by atoms with E-state index >= 15 is 0 Å². The summed E-state index contributed by atoms with van der Waals surface area (Å²) in [6.45, 7) is -0.0137. The monoisotopic (exact) mass is 315 g/mol. The Morgan fingerprint density at radius 2 is 2.05 bits per heavy atom. The Hall–Kier alpha value is -1.84. The standard InChI is InChI=1S/C12H14FN3O4S/c1-19-6-7-21(17,18)14-8-11-15-12(16-20-11)9-2-4-10(13)5-3-9/h2-5,14H,6-8H2,1H3. The van der Waals surface area contributed by atoms with Gasteiger partial charge in [-0.15, -0.1) is 0 Å². The highest BCUT2D eigenvalue weighted by Crippen LogP contribution is 2.15. The van der Waals surface area contributed by atoms with Crippen LogP contribution >= 0.6 is 0 Å². The molecular formula is C12H14FN3O4S. The van der Waals surface area contributed by atoms with Crippen molar-refractivity contribution in [2.24, 2.45) is 0 Å². The minimum absolute atomic E-state index is 0.0972. The zero-order chi connectivity index (χ0) is 15.3. The van der Waals surface area contributed by atoms with Crippen LogP contribution in [-0.4, -0.2) is 38.0 Å². The topological polar surface area (TPSA) is 94.3 Å². The van der Waals surface area contributed by atoms with E-state index in [-0.39, 0.29) is 36.4 Å². The molecule has 9 heteroatoms. The van der Waals surface area contributed by atoms with Gasteiger partial charge >= 0.3 is 0 Å². The highest BCUT2D eigenvalue weighted by molar-refractivity contribution is 7.89. The van der Waals surface area contributed by atoms with Crippen LogP contribution in [-0.2, 0) is 21.3 Å². The van der Waals surface area contributed by atoms with Crippen LogP contribution in [0.15, 0.2) is 28.8 Å². The second-order valence-electron chi connectivity index (χ2n) is 4.15. The molecule has 1 N–H and O–H groups in total. The molecule has 21 heavy (non-hydrogen) atoms. The number of sulfonamides is 1. The lowest BCUT2D eigenvalue weighted by Gasteiger charge is -2.02. The molecule has 0 saturated heterocycles. The summed E-state index contributed by atoms with van der Waals surface area (Å²) in [6, 6.07) is 5.57. The van der Waals surface area contributed by atoms with Crippen molar-refractivity contribution in [1.82, 2.24) is 14.9 Å². The number of benzene rings is 1. The van der Waals surface area contributed by atoms with Crippen LogP contribution in [0.5, 0.6) is 0 Å². The first kappa shape index (κ1) is 15.5. The first-order chi connectivity index (χ1) is 10.00. The van der Waals surface area contributed by atoms with Crippen molar-refractivity contribution >= 4 is 10.0 Å². The molecule has 2 rings (SSSR count). The lowest BCUT2D eigenvalue weighted by molar-refractivity contribution is 0.217. The first-order valence-electron chi connectivity index (χ1n) is 6.05. The molecule has 0 atom stereocenters. The zero-order valence-corrected chi connectivity index (χ0v) is 12.1. The number of nitrogens with one attached hydrogen (secondary N) is 1. The molecule has 0 saturated carbocycles. The SMILES string of the molecule is COCCS(=O)(=O)NCc1nc(-c2ccc(F)cc2)no1. The van der Waals surface area contributed by atoms with E-state index in [0.717, 1.165) is 0 Å². The van der Waals surface area contributed by atoms with E-state index < -0.39 is 10.0 Å². The van der Waals surface area contributed by atoms with E-state index in [1.165, 1.54) is 31.4 Å². The van der Waals surface area contributed by atoms with E-state index in [0.29, 0.717) is 5.56 Å². The average molecular weight is 315 g/mol. The normalized spacial score (nSPS) is 11.7. The quantitative estimate of drug-likeness (QED) is 0.817. The van der Waals surface area contributed by atoms with Crippen LogP contribution in [0.1, 0.15) is 5.89 Å². The average Bonchev–Trinajstić information content (AvgIpc) is 2.93. The van der Waals surface area contributed by atoms with Crippen molar-refractivity contribution in [3.05, 3.63) is 36.0 Å². The molecular weight excluding hydrogens is 301 g/mol. The summed E-state index contributed by atoms with van der Waals surface area (Å²) in [5.41, 5.74) is 0.577. The van der Waals surface area contributed by atoms with Gasteiger partial charge in [0.25, 0.3) is 0 Å². The van der Waals surface area contributed by atoms with Gasteiger partial charge in [-0.1, -0.05) is 5.16 Å². The van der Waals surface area contributed by atoms with Crippen molar-refractivity contribution in [2.45, 2.75) is 6.54 Å². The van der Waals surface area contributed by atoms with Gasteiger partial charge in [0.1, 0.15) is 5.82 Å². The second-order valence-corrected chi connectivity index (χ2v) is 6.08. The maximum atomic E-state index is 12.8. The second kappa shape index (κ2) is 6.74. The third-order valence-corrected chi connectivity index (χ3v) is 3.86. The number of nitrogens with zero attached hydrogens (tertiary/aromatic N) is 2. The minimum Gasteiger partial charge on any atom is -0.384 e. The first-order valence-corrected chi connectivity index (χ1v) is 7.70. The Labute approximate surface area is 121 Å². The molecule has 0 bridgehead atoms. The number of hydrogen-bond acceptors (Lipinski definition) is 6. The Balaban J connectivity index is 1.99. The molecule has 2 aromatic rings. The molecule has 1 aromatic heterocycles. The van der Waals surface area contributed by atoms with E-state index in [4.69, 9.17) is 9.26 Å². The minimum atomic E-state index is -3.46. The maximum Gasteiger partial charge on any atom is 0.242 e. The molecule has 0 fully saturated rings. The summed E-state index contributed by atoms with van der Waals surface area (Å²) >= 11 is 0. The lowest BCUT2D eigenvalue weighted by atomic mass is 10.2. The molecule has 0 amide bonds. The summed E-state index contributed by atoms with van der Waals surface area (Å²) in [5.74, 6) is -0.132. The number of methoxy groups -OCH3 is 1. The van der Waals surface area contributed by atoms with Crippen molar-refractivity contribution in [3.63, 3.8) is 0 Å². The van der Waals surface area contributed by atoms with Gasteiger partial charge in [-0.2, -0.15) is 4.98 Å². The van der Waals surface area contributed by atoms with Gasteiger partial charge in [0.05, 0.1) is 18.9 Å². The smallest absolute Gasteiger partial charge is 0.242 e. The third kappa shape index (κ3) is 4.59. The van der Waals surface area contributed by atoms with Gasteiger partial charge in [0.15, 0.2) is 0 Å². The molecule has 114 valence electrons. The molecule has 1 aromatic carbocycles. The molecule has 0 radical (unpaired) electrons. The summed E-state index contributed by atoms with van der Waals surface area (Å²) in [5, 5.41) is 3.71. The molecule has 0 aliphatic rings. The van der Waals surface area contributed by atoms with Gasteiger partial charge in [-0.25, -0.2) is 17.5 Å². The highest BCUT2D eigenvalue weighted by Gasteiger charge is 2.13. The fourth-order valence-electron chi connectivity index (χ4n) is 1.48. The fraction of sp³-hybridized carbons (Fsp3) is 0.333. The third-order valence-electron chi connectivity index (χ3n) is 2.57. The summed E-state index contributed by atoms with van der Waals surface area (Å²) in [7, 11) is -2.04. The van der Waals surface area contributed by atoms with E-state index in [1.54, 1.807) is 0 Å². The van der Waals surface area contributed by atoms with E-state index in [9.17, 15) is 12.8 Å². The number of aromatic nitrogens is 2. The molecule has 1 heterocycles. The fourth-order valence-corrected chi connectivity index (χ4v) is 2.35. The van der Waals surface area contributed by atoms with Crippen LogP contribution < -0.4 is 4.72 Å². The van der Waals surface area contributed by atoms with Crippen LogP contribution in [0.25, 0.3) is 11.4 Å². The zero-order valence-electron chi connectivity index (χ0n) is 11.2. The van der Waals surface area contributed by atoms with Crippen molar-refractivity contribution in [1.29, 1.82) is 0 Å². The Morgan fingerprint density at radius 1 is 1.33 bits per heavy atom. The number of ether oxygens (including phenoxy) is 1. The molecule has 7 nitrogen and oxygen atoms in total. The van der Waals surface area contributed by atoms with Crippen LogP contribution in [0.3, 0.4) is 0 Å². The van der Waals surface area contributed by atoms with Crippen LogP contribution in [0, 0.1) is 5.82 Å². The number of rotatable bonds is 7. The van der Waals surface area contributed by atoms with Gasteiger partial charge in [0, 0.05) is 12.7 Å².